The van der Waals surface area contributed by atoms with E-state index >= 15 is 0 Å². The Labute approximate surface area is 165 Å². The molecule has 0 radical (unpaired) electrons. The second-order valence-corrected chi connectivity index (χ2v) is 5.99. The van der Waals surface area contributed by atoms with E-state index in [1.54, 1.807) is 6.07 Å². The van der Waals surface area contributed by atoms with Gasteiger partial charge in [-0.3, -0.25) is 9.59 Å². The van der Waals surface area contributed by atoms with Crippen LogP contribution in [-0.4, -0.2) is 38.5 Å². The third-order valence-electron chi connectivity index (χ3n) is 3.24. The quantitative estimate of drug-likeness (QED) is 0.528. The summed E-state index contributed by atoms with van der Waals surface area (Å²) in [6, 6.07) is 9.04. The molecule has 0 aliphatic heterocycles. The number of anilines is 1. The smallest absolute Gasteiger partial charge is 0.344 e. The molecule has 2 aromatic rings. The van der Waals surface area contributed by atoms with Gasteiger partial charge in [0.1, 0.15) is 6.29 Å². The van der Waals surface area contributed by atoms with E-state index in [4.69, 9.17) is 37.4 Å². The van der Waals surface area contributed by atoms with Crippen LogP contribution in [0.25, 0.3) is 0 Å². The first-order valence-corrected chi connectivity index (χ1v) is 8.35. The van der Waals surface area contributed by atoms with E-state index in [9.17, 15) is 14.4 Å². The summed E-state index contributed by atoms with van der Waals surface area (Å²) in [5.74, 6) is -0.769. The Balaban J connectivity index is 1.82. The molecule has 0 heterocycles. The van der Waals surface area contributed by atoms with Crippen molar-refractivity contribution in [3.05, 3.63) is 52.0 Å². The minimum absolute atomic E-state index is 0.261. The van der Waals surface area contributed by atoms with Crippen LogP contribution in [0.15, 0.2) is 36.4 Å². The van der Waals surface area contributed by atoms with Crippen LogP contribution in [0.5, 0.6) is 11.5 Å². The number of ether oxygens (including phenoxy) is 3. The van der Waals surface area contributed by atoms with E-state index in [0.29, 0.717) is 28.3 Å². The highest BCUT2D eigenvalue weighted by Crippen LogP contribution is 2.27. The van der Waals surface area contributed by atoms with Crippen LogP contribution in [0.3, 0.4) is 0 Å². The van der Waals surface area contributed by atoms with Crippen LogP contribution in [0.1, 0.15) is 10.4 Å². The summed E-state index contributed by atoms with van der Waals surface area (Å²) < 4.78 is 15.2. The SMILES string of the molecule is COc1cc(C=O)ccc1OCC(=O)OCC(=O)Nc1ccc(Cl)cc1Cl. The van der Waals surface area contributed by atoms with Crippen LogP contribution in [0.2, 0.25) is 10.0 Å². The highest BCUT2D eigenvalue weighted by Gasteiger charge is 2.12. The van der Waals surface area contributed by atoms with Crippen molar-refractivity contribution in [1.82, 2.24) is 0 Å². The van der Waals surface area contributed by atoms with E-state index in [-0.39, 0.29) is 10.8 Å². The van der Waals surface area contributed by atoms with Crippen molar-refractivity contribution in [1.29, 1.82) is 0 Å². The van der Waals surface area contributed by atoms with Crippen molar-refractivity contribution in [3.63, 3.8) is 0 Å². The zero-order valence-corrected chi connectivity index (χ0v) is 15.7. The topological polar surface area (TPSA) is 90.9 Å². The Kier molecular flexibility index (Phi) is 7.45. The fourth-order valence-electron chi connectivity index (χ4n) is 1.98. The van der Waals surface area contributed by atoms with E-state index in [0.717, 1.165) is 0 Å². The zero-order chi connectivity index (χ0) is 19.8. The molecule has 27 heavy (non-hydrogen) atoms. The first kappa shape index (κ1) is 20.5. The van der Waals surface area contributed by atoms with Gasteiger partial charge in [-0.15, -0.1) is 0 Å². The average molecular weight is 412 g/mol. The molecule has 142 valence electrons. The van der Waals surface area contributed by atoms with Crippen molar-refractivity contribution in [2.45, 2.75) is 0 Å². The standard InChI is InChI=1S/C18H15Cl2NO6/c1-25-16-6-11(8-22)2-5-15(16)26-10-18(24)27-9-17(23)21-14-4-3-12(19)7-13(14)20/h2-8H,9-10H2,1H3,(H,21,23). The summed E-state index contributed by atoms with van der Waals surface area (Å²) in [6.45, 7) is -0.950. The molecule has 2 aromatic carbocycles. The molecular weight excluding hydrogens is 397 g/mol. The number of methoxy groups -OCH3 is 1. The van der Waals surface area contributed by atoms with E-state index in [2.05, 4.69) is 5.32 Å². The van der Waals surface area contributed by atoms with Gasteiger partial charge in [0, 0.05) is 10.6 Å². The number of carbonyl (C=O) groups excluding carboxylic acids is 3. The molecule has 0 aliphatic carbocycles. The number of rotatable bonds is 8. The second-order valence-electron chi connectivity index (χ2n) is 5.15. The number of carbonyl (C=O) groups is 3. The molecule has 0 bridgehead atoms. The van der Waals surface area contributed by atoms with Gasteiger partial charge in [0.15, 0.2) is 24.7 Å². The summed E-state index contributed by atoms with van der Waals surface area (Å²) in [5.41, 5.74) is 0.748. The number of aldehydes is 1. The largest absolute Gasteiger partial charge is 0.493 e. The van der Waals surface area contributed by atoms with Gasteiger partial charge in [-0.2, -0.15) is 0 Å². The van der Waals surface area contributed by atoms with Gasteiger partial charge < -0.3 is 19.5 Å². The molecule has 1 N–H and O–H groups in total. The van der Waals surface area contributed by atoms with Crippen molar-refractivity contribution < 1.29 is 28.6 Å². The van der Waals surface area contributed by atoms with Crippen LogP contribution < -0.4 is 14.8 Å². The van der Waals surface area contributed by atoms with Gasteiger partial charge in [-0.25, -0.2) is 4.79 Å². The first-order chi connectivity index (χ1) is 12.9. The van der Waals surface area contributed by atoms with Crippen LogP contribution in [0, 0.1) is 0 Å². The molecule has 0 aromatic heterocycles. The minimum atomic E-state index is -0.756. The number of nitrogens with one attached hydrogen (secondary N) is 1. The van der Waals surface area contributed by atoms with Gasteiger partial charge >= 0.3 is 5.97 Å². The number of esters is 1. The van der Waals surface area contributed by atoms with E-state index in [1.165, 1.54) is 37.4 Å². The summed E-state index contributed by atoms with van der Waals surface area (Å²) >= 11 is 11.7. The van der Waals surface area contributed by atoms with Crippen molar-refractivity contribution >= 4 is 47.1 Å². The predicted octanol–water partition coefficient (Wildman–Crippen LogP) is 3.38. The number of hydrogen-bond acceptors (Lipinski definition) is 6. The predicted molar refractivity (Wildman–Crippen MR) is 99.9 cm³/mol. The molecule has 0 saturated carbocycles. The molecule has 9 heteroatoms. The minimum Gasteiger partial charge on any atom is -0.493 e. The molecule has 0 fully saturated rings. The number of halogens is 2. The maximum Gasteiger partial charge on any atom is 0.344 e. The number of amides is 1. The van der Waals surface area contributed by atoms with Gasteiger partial charge in [-0.1, -0.05) is 23.2 Å². The first-order valence-electron chi connectivity index (χ1n) is 7.59. The van der Waals surface area contributed by atoms with Gasteiger partial charge in [0.25, 0.3) is 5.91 Å². The molecule has 7 nitrogen and oxygen atoms in total. The molecule has 1 amide bonds. The molecule has 0 saturated heterocycles. The summed E-state index contributed by atoms with van der Waals surface area (Å²) in [7, 11) is 1.40. The monoisotopic (exact) mass is 411 g/mol. The third kappa shape index (κ3) is 6.16. The average Bonchev–Trinajstić information content (AvgIpc) is 2.66. The van der Waals surface area contributed by atoms with Gasteiger partial charge in [-0.05, 0) is 36.4 Å². The van der Waals surface area contributed by atoms with Crippen LogP contribution >= 0.6 is 23.2 Å². The molecular formula is C18H15Cl2NO6. The van der Waals surface area contributed by atoms with Crippen molar-refractivity contribution in [3.8, 4) is 11.5 Å². The maximum atomic E-state index is 11.8. The van der Waals surface area contributed by atoms with Crippen LogP contribution in [0.4, 0.5) is 5.69 Å². The van der Waals surface area contributed by atoms with Gasteiger partial charge in [0.2, 0.25) is 0 Å². The summed E-state index contributed by atoms with van der Waals surface area (Å²) in [6.07, 6.45) is 0.659. The van der Waals surface area contributed by atoms with Crippen molar-refractivity contribution in [2.24, 2.45) is 0 Å². The Morgan fingerprint density at radius 1 is 1.07 bits per heavy atom. The molecule has 0 aliphatic rings. The molecule has 2 rings (SSSR count). The number of benzene rings is 2. The zero-order valence-electron chi connectivity index (χ0n) is 14.2. The van der Waals surface area contributed by atoms with Gasteiger partial charge in [0.05, 0.1) is 17.8 Å². The summed E-state index contributed by atoms with van der Waals surface area (Å²) in [5, 5.41) is 3.19. The Hall–Kier alpha value is -2.77. The lowest BCUT2D eigenvalue weighted by Crippen LogP contribution is -2.23. The van der Waals surface area contributed by atoms with E-state index in [1.807, 2.05) is 0 Å². The lowest BCUT2D eigenvalue weighted by atomic mass is 10.2. The normalized spacial score (nSPS) is 10.0. The lowest BCUT2D eigenvalue weighted by molar-refractivity contribution is -0.149. The third-order valence-corrected chi connectivity index (χ3v) is 3.79. The molecule has 0 spiro atoms. The molecule has 0 atom stereocenters. The Morgan fingerprint density at radius 2 is 1.85 bits per heavy atom. The highest BCUT2D eigenvalue weighted by molar-refractivity contribution is 6.36. The van der Waals surface area contributed by atoms with Crippen molar-refractivity contribution in [2.75, 3.05) is 25.6 Å². The fraction of sp³-hybridized carbons (Fsp3) is 0.167. The number of hydrogen-bond donors (Lipinski definition) is 1. The van der Waals surface area contributed by atoms with Crippen LogP contribution in [-0.2, 0) is 14.3 Å². The molecule has 0 unspecified atom stereocenters. The Bertz CT molecular complexity index is 856. The summed E-state index contributed by atoms with van der Waals surface area (Å²) in [4.78, 5) is 34.3. The maximum absolute atomic E-state index is 11.8. The lowest BCUT2D eigenvalue weighted by Gasteiger charge is -2.11. The fourth-order valence-corrected chi connectivity index (χ4v) is 2.43. The highest BCUT2D eigenvalue weighted by atomic mass is 35.5. The van der Waals surface area contributed by atoms with E-state index < -0.39 is 25.1 Å². The second kappa shape index (κ2) is 9.80. The Morgan fingerprint density at radius 3 is 2.52 bits per heavy atom.